The van der Waals surface area contributed by atoms with Crippen molar-refractivity contribution in [2.75, 3.05) is 13.1 Å². The number of aromatic nitrogens is 1. The zero-order valence-corrected chi connectivity index (χ0v) is 17.3. The van der Waals surface area contributed by atoms with Gasteiger partial charge >= 0.3 is 0 Å². The van der Waals surface area contributed by atoms with Crippen LogP contribution in [0.15, 0.2) is 53.3 Å². The lowest BCUT2D eigenvalue weighted by Crippen LogP contribution is -2.35. The molecule has 1 amide bonds. The van der Waals surface area contributed by atoms with Crippen LogP contribution in [0, 0.1) is 11.3 Å². The smallest absolute Gasteiger partial charge is 0.273 e. The Kier molecular flexibility index (Phi) is 5.60. The highest BCUT2D eigenvalue weighted by atomic mass is 32.1. The van der Waals surface area contributed by atoms with E-state index in [1.165, 1.54) is 16.7 Å². The molecule has 0 unspecified atom stereocenters. The molecule has 7 nitrogen and oxygen atoms in total. The minimum absolute atomic E-state index is 0.0685. The molecule has 0 radical (unpaired) electrons. The van der Waals surface area contributed by atoms with E-state index >= 15 is 0 Å². The molecular weight excluding hydrogens is 414 g/mol. The van der Waals surface area contributed by atoms with E-state index in [1.807, 2.05) is 12.1 Å². The second-order valence-corrected chi connectivity index (χ2v) is 8.16. The van der Waals surface area contributed by atoms with Crippen LogP contribution < -0.4 is 14.8 Å². The summed E-state index contributed by atoms with van der Waals surface area (Å²) in [6.07, 6.45) is 3.35. The van der Waals surface area contributed by atoms with E-state index in [2.05, 4.69) is 0 Å². The molecule has 1 aromatic heterocycles. The molecule has 0 spiro atoms. The Morgan fingerprint density at radius 3 is 2.42 bits per heavy atom. The Hall–Kier alpha value is -3.83. The van der Waals surface area contributed by atoms with Gasteiger partial charge in [0.2, 0.25) is 0 Å². The first kappa shape index (κ1) is 20.4. The van der Waals surface area contributed by atoms with E-state index in [9.17, 15) is 25.1 Å². The second-order valence-electron chi connectivity index (χ2n) is 7.13. The number of hydrogen-bond acceptors (Lipinski definition) is 6. The van der Waals surface area contributed by atoms with Crippen molar-refractivity contribution in [2.24, 2.45) is 0 Å². The molecule has 0 aliphatic carbocycles. The normalized spacial score (nSPS) is 15.1. The maximum atomic E-state index is 13.3. The summed E-state index contributed by atoms with van der Waals surface area (Å²) >= 11 is 1.05. The number of nitrogens with zero attached hydrogens (tertiary/aromatic N) is 3. The lowest BCUT2D eigenvalue weighted by atomic mass is 10.2. The topological polar surface area (TPSA) is 107 Å². The SMILES string of the molecule is N#C/C(C(=O)N1CCCC1)=c1/s/c(=C\c2ccc(O)c(O)c2)c(=O)n1-c1ccccc1. The summed E-state index contributed by atoms with van der Waals surface area (Å²) in [6.45, 7) is 1.19. The molecule has 1 aliphatic rings. The summed E-state index contributed by atoms with van der Waals surface area (Å²) in [7, 11) is 0. The van der Waals surface area contributed by atoms with Crippen LogP contribution in [0.5, 0.6) is 11.5 Å². The average Bonchev–Trinajstić information content (AvgIpc) is 3.41. The van der Waals surface area contributed by atoms with Crippen LogP contribution in [-0.2, 0) is 4.79 Å². The number of amides is 1. The number of rotatable bonds is 3. The molecule has 0 saturated carbocycles. The number of nitriles is 1. The van der Waals surface area contributed by atoms with Crippen LogP contribution in [0.25, 0.3) is 17.3 Å². The molecule has 0 atom stereocenters. The highest BCUT2D eigenvalue weighted by Gasteiger charge is 2.24. The first-order valence-corrected chi connectivity index (χ1v) is 10.6. The fraction of sp³-hybridized carbons (Fsp3) is 0.174. The average molecular weight is 433 g/mol. The van der Waals surface area contributed by atoms with Gasteiger partial charge in [-0.25, -0.2) is 0 Å². The maximum Gasteiger partial charge on any atom is 0.273 e. The van der Waals surface area contributed by atoms with Crippen molar-refractivity contribution in [2.45, 2.75) is 12.8 Å². The summed E-state index contributed by atoms with van der Waals surface area (Å²) in [6, 6.07) is 15.1. The third-order valence-electron chi connectivity index (χ3n) is 5.07. The summed E-state index contributed by atoms with van der Waals surface area (Å²) in [5.74, 6) is -0.941. The number of hydrogen-bond donors (Lipinski definition) is 2. The van der Waals surface area contributed by atoms with E-state index < -0.39 is 0 Å². The number of phenolic OH excluding ortho intramolecular Hbond substituents is 2. The molecule has 1 fully saturated rings. The summed E-state index contributed by atoms with van der Waals surface area (Å²) < 4.78 is 1.94. The number of para-hydroxylation sites is 1. The first-order valence-electron chi connectivity index (χ1n) is 9.74. The van der Waals surface area contributed by atoms with Gasteiger partial charge in [-0.3, -0.25) is 14.2 Å². The summed E-state index contributed by atoms with van der Waals surface area (Å²) in [5.41, 5.74) is 0.612. The number of aromatic hydroxyl groups is 2. The third-order valence-corrected chi connectivity index (χ3v) is 6.16. The number of carbonyl (C=O) groups excluding carboxylic acids is 1. The predicted octanol–water partition coefficient (Wildman–Crippen LogP) is 1.44. The van der Waals surface area contributed by atoms with Crippen molar-refractivity contribution in [3.05, 3.63) is 73.6 Å². The fourth-order valence-electron chi connectivity index (χ4n) is 3.51. The number of phenols is 2. The Labute approximate surface area is 181 Å². The van der Waals surface area contributed by atoms with Gasteiger partial charge in [-0.05, 0) is 48.7 Å². The van der Waals surface area contributed by atoms with Crippen LogP contribution in [0.1, 0.15) is 18.4 Å². The van der Waals surface area contributed by atoms with Gasteiger partial charge in [0.25, 0.3) is 11.5 Å². The number of thiazole rings is 1. The van der Waals surface area contributed by atoms with Crippen molar-refractivity contribution >= 4 is 28.9 Å². The predicted molar refractivity (Wildman–Crippen MR) is 117 cm³/mol. The molecule has 156 valence electrons. The highest BCUT2D eigenvalue weighted by molar-refractivity contribution is 7.07. The second kappa shape index (κ2) is 8.50. The Morgan fingerprint density at radius 2 is 1.77 bits per heavy atom. The molecule has 1 saturated heterocycles. The van der Waals surface area contributed by atoms with Crippen molar-refractivity contribution in [1.82, 2.24) is 9.47 Å². The lowest BCUT2D eigenvalue weighted by Gasteiger charge is -2.14. The van der Waals surface area contributed by atoms with Gasteiger partial charge < -0.3 is 15.1 Å². The van der Waals surface area contributed by atoms with Crippen LogP contribution in [0.3, 0.4) is 0 Å². The van der Waals surface area contributed by atoms with Crippen molar-refractivity contribution in [3.8, 4) is 23.3 Å². The van der Waals surface area contributed by atoms with Crippen molar-refractivity contribution in [3.63, 3.8) is 0 Å². The first-order chi connectivity index (χ1) is 15.0. The van der Waals surface area contributed by atoms with E-state index in [-0.39, 0.29) is 33.2 Å². The Morgan fingerprint density at radius 1 is 1.06 bits per heavy atom. The van der Waals surface area contributed by atoms with Gasteiger partial charge in [0.1, 0.15) is 10.7 Å². The zero-order chi connectivity index (χ0) is 22.0. The minimum Gasteiger partial charge on any atom is -0.504 e. The molecule has 2 N–H and O–H groups in total. The molecule has 2 heterocycles. The van der Waals surface area contributed by atoms with Crippen molar-refractivity contribution in [1.29, 1.82) is 5.26 Å². The number of benzene rings is 2. The van der Waals surface area contributed by atoms with Crippen LogP contribution in [-0.4, -0.2) is 38.7 Å². The maximum absolute atomic E-state index is 13.3. The zero-order valence-electron chi connectivity index (χ0n) is 16.5. The van der Waals surface area contributed by atoms with Crippen LogP contribution in [0.4, 0.5) is 0 Å². The van der Waals surface area contributed by atoms with Crippen LogP contribution >= 0.6 is 11.3 Å². The molecular formula is C23H19N3O4S. The number of likely N-dealkylation sites (tertiary alicyclic amines) is 1. The van der Waals surface area contributed by atoms with E-state index in [4.69, 9.17) is 0 Å². The quantitative estimate of drug-likeness (QED) is 0.608. The fourth-order valence-corrected chi connectivity index (χ4v) is 4.61. The lowest BCUT2D eigenvalue weighted by molar-refractivity contribution is -0.123. The molecule has 8 heteroatoms. The largest absolute Gasteiger partial charge is 0.504 e. The Bertz CT molecular complexity index is 1360. The molecule has 4 rings (SSSR count). The van der Waals surface area contributed by atoms with Gasteiger partial charge in [0, 0.05) is 13.1 Å². The minimum atomic E-state index is -0.375. The third kappa shape index (κ3) is 3.96. The summed E-state index contributed by atoms with van der Waals surface area (Å²) in [4.78, 5) is 27.9. The standard InChI is InChI=1S/C23H19N3O4S/c24-14-17(21(29)25-10-4-5-11-25)23-26(16-6-2-1-3-7-16)22(30)20(31-23)13-15-8-9-18(27)19(28)12-15/h1-3,6-9,12-13,27-28H,4-5,10-11H2/b20-13-,23-17-. The van der Waals surface area contributed by atoms with Gasteiger partial charge in [-0.2, -0.15) is 5.26 Å². The van der Waals surface area contributed by atoms with E-state index in [1.54, 1.807) is 41.3 Å². The molecule has 3 aromatic rings. The van der Waals surface area contributed by atoms with Gasteiger partial charge in [-0.1, -0.05) is 24.3 Å². The van der Waals surface area contributed by atoms with E-state index in [0.29, 0.717) is 28.9 Å². The monoisotopic (exact) mass is 433 g/mol. The van der Waals surface area contributed by atoms with Gasteiger partial charge in [0.05, 0.1) is 10.2 Å². The van der Waals surface area contributed by atoms with E-state index in [0.717, 1.165) is 24.2 Å². The Balaban J connectivity index is 2.00. The van der Waals surface area contributed by atoms with Gasteiger partial charge in [-0.15, -0.1) is 11.3 Å². The number of carbonyl (C=O) groups is 1. The van der Waals surface area contributed by atoms with Gasteiger partial charge in [0.15, 0.2) is 17.1 Å². The molecule has 2 aromatic carbocycles. The van der Waals surface area contributed by atoms with Crippen molar-refractivity contribution < 1.29 is 15.0 Å². The van der Waals surface area contributed by atoms with Crippen LogP contribution in [0.2, 0.25) is 0 Å². The molecule has 1 aliphatic heterocycles. The molecule has 0 bridgehead atoms. The summed E-state index contributed by atoms with van der Waals surface area (Å²) in [5, 5.41) is 29.1. The molecule has 31 heavy (non-hydrogen) atoms. The highest BCUT2D eigenvalue weighted by Crippen LogP contribution is 2.25.